The molecule has 2 aromatic heterocycles. The van der Waals surface area contributed by atoms with E-state index in [4.69, 9.17) is 14.1 Å². The number of methoxy groups -OCH3 is 1. The monoisotopic (exact) mass is 363 g/mol. The topological polar surface area (TPSA) is 58.8 Å². The molecule has 0 amide bonds. The molecule has 0 saturated carbocycles. The Labute approximate surface area is 154 Å². The van der Waals surface area contributed by atoms with Gasteiger partial charge in [0.15, 0.2) is 5.96 Å². The van der Waals surface area contributed by atoms with Gasteiger partial charge in [-0.3, -0.25) is 0 Å². The maximum Gasteiger partial charge on any atom is 0.191 e. The van der Waals surface area contributed by atoms with E-state index in [9.17, 15) is 0 Å². The highest BCUT2D eigenvalue weighted by Crippen LogP contribution is 2.18. The van der Waals surface area contributed by atoms with Crippen molar-refractivity contribution in [3.63, 3.8) is 0 Å². The van der Waals surface area contributed by atoms with Crippen LogP contribution in [0.3, 0.4) is 0 Å². The molecule has 25 heavy (non-hydrogen) atoms. The van der Waals surface area contributed by atoms with Crippen LogP contribution in [0.1, 0.15) is 30.9 Å². The number of hydrogen-bond donors (Lipinski definition) is 2. The third-order valence-electron chi connectivity index (χ3n) is 3.93. The molecule has 138 valence electrons. The number of nitrogens with zero attached hydrogens (tertiary/aromatic N) is 1. The molecule has 0 spiro atoms. The largest absolute Gasteiger partial charge is 0.469 e. The van der Waals surface area contributed by atoms with Crippen LogP contribution in [0.4, 0.5) is 0 Å². The molecule has 0 aliphatic carbocycles. The van der Waals surface area contributed by atoms with Gasteiger partial charge >= 0.3 is 0 Å². The van der Waals surface area contributed by atoms with Crippen LogP contribution in [0.25, 0.3) is 0 Å². The van der Waals surface area contributed by atoms with Crippen molar-refractivity contribution in [1.82, 2.24) is 10.6 Å². The summed E-state index contributed by atoms with van der Waals surface area (Å²) in [7, 11) is 1.74. The minimum absolute atomic E-state index is 0.141. The Kier molecular flexibility index (Phi) is 8.01. The lowest BCUT2D eigenvalue weighted by atomic mass is 9.90. The molecule has 0 aliphatic rings. The number of nitrogens with one attached hydrogen (secondary N) is 2. The Morgan fingerprint density at radius 2 is 2.16 bits per heavy atom. The first-order valence-corrected chi connectivity index (χ1v) is 9.53. The van der Waals surface area contributed by atoms with Crippen LogP contribution in [0.15, 0.2) is 45.3 Å². The molecule has 2 rings (SSSR count). The summed E-state index contributed by atoms with van der Waals surface area (Å²) >= 11 is 1.73. The van der Waals surface area contributed by atoms with Crippen LogP contribution < -0.4 is 10.6 Å². The summed E-state index contributed by atoms with van der Waals surface area (Å²) < 4.78 is 10.6. The van der Waals surface area contributed by atoms with Gasteiger partial charge in [0.2, 0.25) is 0 Å². The van der Waals surface area contributed by atoms with Gasteiger partial charge < -0.3 is 19.8 Å². The highest BCUT2D eigenvalue weighted by atomic mass is 32.1. The summed E-state index contributed by atoms with van der Waals surface area (Å²) in [6, 6.07) is 8.07. The lowest BCUT2D eigenvalue weighted by Gasteiger charge is -2.26. The summed E-state index contributed by atoms with van der Waals surface area (Å²) in [5.74, 6) is 1.82. The Morgan fingerprint density at radius 1 is 1.28 bits per heavy atom. The highest BCUT2D eigenvalue weighted by molar-refractivity contribution is 7.09. The number of aliphatic imine (C=N–C) groups is 1. The predicted octanol–water partition coefficient (Wildman–Crippen LogP) is 3.68. The Balaban J connectivity index is 1.87. The molecular formula is C19H29N3O2S. The van der Waals surface area contributed by atoms with E-state index in [1.54, 1.807) is 24.7 Å². The van der Waals surface area contributed by atoms with Crippen molar-refractivity contribution in [2.75, 3.05) is 26.8 Å². The summed E-state index contributed by atoms with van der Waals surface area (Å²) in [4.78, 5) is 5.97. The first kappa shape index (κ1) is 19.5. The number of guanidine groups is 1. The molecule has 0 unspecified atom stereocenters. The third kappa shape index (κ3) is 7.75. The standard InChI is InChI=1S/C19H29N3O2S/c1-19(2,9-12-23-3)15-22-18(21-14-17-7-5-13-25-17)20-10-8-16-6-4-11-24-16/h4-7,11,13H,8-10,12,14-15H2,1-3H3,(H2,20,21,22). The smallest absolute Gasteiger partial charge is 0.191 e. The van der Waals surface area contributed by atoms with Gasteiger partial charge in [-0.1, -0.05) is 19.9 Å². The van der Waals surface area contributed by atoms with Crippen LogP contribution >= 0.6 is 11.3 Å². The molecule has 2 N–H and O–H groups in total. The van der Waals surface area contributed by atoms with Gasteiger partial charge in [-0.05, 0) is 35.4 Å². The maximum atomic E-state index is 5.38. The predicted molar refractivity (Wildman–Crippen MR) is 104 cm³/mol. The van der Waals surface area contributed by atoms with E-state index in [0.717, 1.165) is 44.3 Å². The van der Waals surface area contributed by atoms with Gasteiger partial charge in [-0.15, -0.1) is 11.3 Å². The molecule has 0 aliphatic heterocycles. The van der Waals surface area contributed by atoms with E-state index < -0.39 is 0 Å². The number of rotatable bonds is 10. The number of hydrogen-bond acceptors (Lipinski definition) is 4. The van der Waals surface area contributed by atoms with Crippen molar-refractivity contribution >= 4 is 17.3 Å². The fourth-order valence-electron chi connectivity index (χ4n) is 2.28. The van der Waals surface area contributed by atoms with Crippen molar-refractivity contribution in [1.29, 1.82) is 0 Å². The lowest BCUT2D eigenvalue weighted by molar-refractivity contribution is 0.153. The quantitative estimate of drug-likeness (QED) is 0.499. The number of ether oxygens (including phenoxy) is 1. The van der Waals surface area contributed by atoms with Gasteiger partial charge in [0.1, 0.15) is 5.76 Å². The molecule has 2 aromatic rings. The molecular weight excluding hydrogens is 334 g/mol. The summed E-state index contributed by atoms with van der Waals surface area (Å²) in [6.07, 6.45) is 3.54. The maximum absolute atomic E-state index is 5.38. The zero-order valence-corrected chi connectivity index (χ0v) is 16.2. The molecule has 0 bridgehead atoms. The minimum atomic E-state index is 0.141. The van der Waals surface area contributed by atoms with Crippen LogP contribution in [-0.2, 0) is 17.7 Å². The molecule has 0 aromatic carbocycles. The Bertz CT molecular complexity index is 607. The number of furan rings is 1. The first-order valence-electron chi connectivity index (χ1n) is 8.65. The van der Waals surface area contributed by atoms with E-state index >= 15 is 0 Å². The Hall–Kier alpha value is -1.79. The van der Waals surface area contributed by atoms with Gasteiger partial charge in [0.05, 0.1) is 12.8 Å². The number of thiophene rings is 1. The van der Waals surface area contributed by atoms with E-state index in [1.807, 2.05) is 12.1 Å². The second-order valence-corrected chi connectivity index (χ2v) is 7.79. The second-order valence-electron chi connectivity index (χ2n) is 6.76. The van der Waals surface area contributed by atoms with Crippen molar-refractivity contribution < 1.29 is 9.15 Å². The van der Waals surface area contributed by atoms with Gasteiger partial charge in [0, 0.05) is 38.1 Å². The Morgan fingerprint density at radius 3 is 2.84 bits per heavy atom. The average molecular weight is 364 g/mol. The molecule has 5 nitrogen and oxygen atoms in total. The van der Waals surface area contributed by atoms with Crippen LogP contribution in [0.5, 0.6) is 0 Å². The highest BCUT2D eigenvalue weighted by Gasteiger charge is 2.18. The summed E-state index contributed by atoms with van der Waals surface area (Å²) in [6.45, 7) is 7.54. The SMILES string of the molecule is COCCC(C)(C)CNC(=NCc1cccs1)NCCc1ccco1. The minimum Gasteiger partial charge on any atom is -0.469 e. The van der Waals surface area contributed by atoms with E-state index in [1.165, 1.54) is 4.88 Å². The van der Waals surface area contributed by atoms with Gasteiger partial charge in [-0.2, -0.15) is 0 Å². The third-order valence-corrected chi connectivity index (χ3v) is 4.80. The fourth-order valence-corrected chi connectivity index (χ4v) is 2.91. The average Bonchev–Trinajstić information content (AvgIpc) is 3.28. The summed E-state index contributed by atoms with van der Waals surface area (Å²) in [5, 5.41) is 8.95. The van der Waals surface area contributed by atoms with Crippen molar-refractivity contribution in [3.05, 3.63) is 46.5 Å². The van der Waals surface area contributed by atoms with Crippen molar-refractivity contribution in [2.24, 2.45) is 10.4 Å². The first-order chi connectivity index (χ1) is 12.1. The molecule has 0 radical (unpaired) electrons. The zero-order valence-electron chi connectivity index (χ0n) is 15.4. The molecule has 2 heterocycles. The van der Waals surface area contributed by atoms with Crippen LogP contribution in [0, 0.1) is 5.41 Å². The van der Waals surface area contributed by atoms with Gasteiger partial charge in [0.25, 0.3) is 0 Å². The van der Waals surface area contributed by atoms with E-state index in [2.05, 4.69) is 42.0 Å². The zero-order chi connectivity index (χ0) is 18.0. The molecule has 0 saturated heterocycles. The van der Waals surface area contributed by atoms with Crippen LogP contribution in [-0.4, -0.2) is 32.8 Å². The lowest BCUT2D eigenvalue weighted by Crippen LogP contribution is -2.43. The molecule has 0 fully saturated rings. The fraction of sp³-hybridized carbons (Fsp3) is 0.526. The van der Waals surface area contributed by atoms with E-state index in [-0.39, 0.29) is 5.41 Å². The van der Waals surface area contributed by atoms with Crippen molar-refractivity contribution in [3.8, 4) is 0 Å². The van der Waals surface area contributed by atoms with E-state index in [0.29, 0.717) is 6.54 Å². The molecule has 6 heteroatoms. The van der Waals surface area contributed by atoms with Crippen LogP contribution in [0.2, 0.25) is 0 Å². The normalized spacial score (nSPS) is 12.4. The van der Waals surface area contributed by atoms with Crippen molar-refractivity contribution in [2.45, 2.75) is 33.2 Å². The summed E-state index contributed by atoms with van der Waals surface area (Å²) in [5.41, 5.74) is 0.141. The second kappa shape index (κ2) is 10.3. The van der Waals surface area contributed by atoms with Gasteiger partial charge in [-0.25, -0.2) is 4.99 Å². The molecule has 0 atom stereocenters.